The average Bonchev–Trinajstić information content (AvgIpc) is 2.78. The van der Waals surface area contributed by atoms with E-state index >= 15 is 0 Å². The molecule has 0 radical (unpaired) electrons. The summed E-state index contributed by atoms with van der Waals surface area (Å²) in [4.78, 5) is 28.1. The summed E-state index contributed by atoms with van der Waals surface area (Å²) in [7, 11) is -3.83. The summed E-state index contributed by atoms with van der Waals surface area (Å²) in [6, 6.07) is 11.1. The molecule has 1 unspecified atom stereocenters. The molecule has 0 saturated heterocycles. The second-order valence-electron chi connectivity index (χ2n) is 8.86. The predicted octanol–water partition coefficient (Wildman–Crippen LogP) is 4.65. The number of rotatable bonds is 11. The van der Waals surface area contributed by atoms with E-state index in [1.165, 1.54) is 4.90 Å². The first-order valence-electron chi connectivity index (χ1n) is 11.4. The Labute approximate surface area is 218 Å². The van der Waals surface area contributed by atoms with E-state index in [4.69, 9.17) is 23.2 Å². The molecule has 0 bridgehead atoms. The van der Waals surface area contributed by atoms with Crippen LogP contribution in [-0.4, -0.2) is 50.5 Å². The standard InChI is InChI=1S/C25H33Cl2N3O4S/c1-6-22(25(32)28-14-17(2)3)29(15-19-10-12-20(26)13-11-19)24(31)16-30(35(5,33)34)23-9-7-8-21(27)18(23)4/h7-13,17,22H,6,14-16H2,1-5H3,(H,28,32). The minimum absolute atomic E-state index is 0.121. The van der Waals surface area contributed by atoms with E-state index in [0.717, 1.165) is 16.1 Å². The number of amides is 2. The van der Waals surface area contributed by atoms with Gasteiger partial charge in [-0.25, -0.2) is 8.42 Å². The highest BCUT2D eigenvalue weighted by Crippen LogP contribution is 2.28. The van der Waals surface area contributed by atoms with E-state index in [2.05, 4.69) is 5.32 Å². The summed E-state index contributed by atoms with van der Waals surface area (Å²) in [5.74, 6) is -0.548. The molecule has 0 aliphatic carbocycles. The van der Waals surface area contributed by atoms with Gasteiger partial charge in [-0.15, -0.1) is 0 Å². The Morgan fingerprint density at radius 1 is 1.06 bits per heavy atom. The maximum Gasteiger partial charge on any atom is 0.244 e. The summed E-state index contributed by atoms with van der Waals surface area (Å²) >= 11 is 12.2. The molecule has 192 valence electrons. The van der Waals surface area contributed by atoms with Gasteiger partial charge in [0.05, 0.1) is 11.9 Å². The van der Waals surface area contributed by atoms with Crippen molar-refractivity contribution in [2.24, 2.45) is 5.92 Å². The third kappa shape index (κ3) is 8.12. The number of sulfonamides is 1. The smallest absolute Gasteiger partial charge is 0.244 e. The summed E-state index contributed by atoms with van der Waals surface area (Å²) in [5.41, 5.74) is 1.62. The van der Waals surface area contributed by atoms with Gasteiger partial charge in [-0.2, -0.15) is 0 Å². The quantitative estimate of drug-likeness (QED) is 0.448. The van der Waals surface area contributed by atoms with E-state index in [1.54, 1.807) is 49.4 Å². The molecule has 0 spiro atoms. The molecule has 2 amide bonds. The van der Waals surface area contributed by atoms with Crippen LogP contribution in [0.25, 0.3) is 0 Å². The van der Waals surface area contributed by atoms with Crippen LogP contribution < -0.4 is 9.62 Å². The lowest BCUT2D eigenvalue weighted by atomic mass is 10.1. The molecule has 2 rings (SSSR count). The Morgan fingerprint density at radius 2 is 1.69 bits per heavy atom. The van der Waals surface area contributed by atoms with Gasteiger partial charge >= 0.3 is 0 Å². The number of carbonyl (C=O) groups is 2. The van der Waals surface area contributed by atoms with Crippen LogP contribution in [0, 0.1) is 12.8 Å². The number of halogens is 2. The minimum Gasteiger partial charge on any atom is -0.354 e. The fraction of sp³-hybridized carbons (Fsp3) is 0.440. The maximum absolute atomic E-state index is 13.7. The van der Waals surface area contributed by atoms with Crippen molar-refractivity contribution < 1.29 is 18.0 Å². The molecule has 35 heavy (non-hydrogen) atoms. The van der Waals surface area contributed by atoms with Crippen molar-refractivity contribution in [1.82, 2.24) is 10.2 Å². The van der Waals surface area contributed by atoms with Crippen LogP contribution in [0.5, 0.6) is 0 Å². The molecule has 7 nitrogen and oxygen atoms in total. The van der Waals surface area contributed by atoms with E-state index in [-0.39, 0.29) is 18.4 Å². The van der Waals surface area contributed by atoms with Crippen molar-refractivity contribution in [1.29, 1.82) is 0 Å². The van der Waals surface area contributed by atoms with E-state index in [0.29, 0.717) is 34.3 Å². The Hall–Kier alpha value is -2.29. The fourth-order valence-electron chi connectivity index (χ4n) is 3.59. The van der Waals surface area contributed by atoms with Crippen molar-refractivity contribution >= 4 is 50.7 Å². The Bertz CT molecular complexity index is 1140. The maximum atomic E-state index is 13.7. The third-order valence-corrected chi connectivity index (χ3v) is 7.31. The van der Waals surface area contributed by atoms with Crippen molar-refractivity contribution in [3.05, 3.63) is 63.6 Å². The van der Waals surface area contributed by atoms with E-state index in [9.17, 15) is 18.0 Å². The molecule has 0 heterocycles. The van der Waals surface area contributed by atoms with Crippen LogP contribution in [0.1, 0.15) is 38.3 Å². The van der Waals surface area contributed by atoms with Crippen LogP contribution in [0.3, 0.4) is 0 Å². The topological polar surface area (TPSA) is 86.8 Å². The lowest BCUT2D eigenvalue weighted by Crippen LogP contribution is -2.52. The summed E-state index contributed by atoms with van der Waals surface area (Å²) in [6.45, 7) is 7.59. The normalized spacial score (nSPS) is 12.3. The largest absolute Gasteiger partial charge is 0.354 e. The number of nitrogens with zero attached hydrogens (tertiary/aromatic N) is 2. The first-order valence-corrected chi connectivity index (χ1v) is 14.0. The second kappa shape index (κ2) is 12.6. The average molecular weight is 543 g/mol. The van der Waals surface area contributed by atoms with Crippen LogP contribution in [0.4, 0.5) is 5.69 Å². The predicted molar refractivity (Wildman–Crippen MR) is 142 cm³/mol. The Morgan fingerprint density at radius 3 is 2.23 bits per heavy atom. The zero-order valence-corrected chi connectivity index (χ0v) is 23.0. The highest BCUT2D eigenvalue weighted by Gasteiger charge is 2.32. The molecule has 1 atom stereocenters. The molecule has 10 heteroatoms. The lowest BCUT2D eigenvalue weighted by molar-refractivity contribution is -0.140. The van der Waals surface area contributed by atoms with Crippen molar-refractivity contribution in [2.75, 3.05) is 23.7 Å². The second-order valence-corrected chi connectivity index (χ2v) is 11.6. The number of benzene rings is 2. The van der Waals surface area contributed by atoms with Gasteiger partial charge in [0.15, 0.2) is 0 Å². The Balaban J connectivity index is 2.45. The van der Waals surface area contributed by atoms with Crippen LogP contribution in [0.15, 0.2) is 42.5 Å². The van der Waals surface area contributed by atoms with Crippen molar-refractivity contribution in [2.45, 2.75) is 46.7 Å². The number of hydrogen-bond acceptors (Lipinski definition) is 4. The van der Waals surface area contributed by atoms with Crippen LogP contribution >= 0.6 is 23.2 Å². The molecule has 0 aliphatic heterocycles. The van der Waals surface area contributed by atoms with Gasteiger partial charge in [0.1, 0.15) is 12.6 Å². The van der Waals surface area contributed by atoms with E-state index < -0.39 is 28.5 Å². The molecule has 2 aromatic carbocycles. The molecule has 2 aromatic rings. The Kier molecular flexibility index (Phi) is 10.4. The molecular formula is C25H33Cl2N3O4S. The summed E-state index contributed by atoms with van der Waals surface area (Å²) in [6.07, 6.45) is 1.40. The molecule has 0 fully saturated rings. The highest BCUT2D eigenvalue weighted by molar-refractivity contribution is 7.92. The van der Waals surface area contributed by atoms with Gasteiger partial charge in [0, 0.05) is 23.1 Å². The van der Waals surface area contributed by atoms with Crippen LogP contribution in [0.2, 0.25) is 10.0 Å². The lowest BCUT2D eigenvalue weighted by Gasteiger charge is -2.33. The zero-order chi connectivity index (χ0) is 26.3. The summed E-state index contributed by atoms with van der Waals surface area (Å²) in [5, 5.41) is 3.83. The zero-order valence-electron chi connectivity index (χ0n) is 20.7. The molecule has 0 aromatic heterocycles. The van der Waals surface area contributed by atoms with Gasteiger partial charge in [-0.05, 0) is 54.7 Å². The minimum atomic E-state index is -3.83. The third-order valence-electron chi connectivity index (χ3n) is 5.52. The van der Waals surface area contributed by atoms with Gasteiger partial charge in [0.25, 0.3) is 0 Å². The molecule has 0 aliphatic rings. The SMILES string of the molecule is CCC(C(=O)NCC(C)C)N(Cc1ccc(Cl)cc1)C(=O)CN(c1cccc(Cl)c1C)S(C)(=O)=O. The molecular weight excluding hydrogens is 509 g/mol. The van der Waals surface area contributed by atoms with Crippen LogP contribution in [-0.2, 0) is 26.2 Å². The van der Waals surface area contributed by atoms with Crippen molar-refractivity contribution in [3.63, 3.8) is 0 Å². The first kappa shape index (κ1) is 28.9. The van der Waals surface area contributed by atoms with Gasteiger partial charge in [0.2, 0.25) is 21.8 Å². The van der Waals surface area contributed by atoms with Gasteiger partial charge in [-0.3, -0.25) is 13.9 Å². The number of carbonyl (C=O) groups excluding carboxylic acids is 2. The van der Waals surface area contributed by atoms with E-state index in [1.807, 2.05) is 20.8 Å². The first-order chi connectivity index (χ1) is 16.3. The molecule has 1 N–H and O–H groups in total. The monoisotopic (exact) mass is 541 g/mol. The number of nitrogens with one attached hydrogen (secondary N) is 1. The molecule has 0 saturated carbocycles. The highest BCUT2D eigenvalue weighted by atomic mass is 35.5. The van der Waals surface area contributed by atoms with Gasteiger partial charge < -0.3 is 10.2 Å². The van der Waals surface area contributed by atoms with Crippen molar-refractivity contribution in [3.8, 4) is 0 Å². The summed E-state index contributed by atoms with van der Waals surface area (Å²) < 4.78 is 26.5. The van der Waals surface area contributed by atoms with Gasteiger partial charge in [-0.1, -0.05) is 62.2 Å². The number of anilines is 1. The number of hydrogen-bond donors (Lipinski definition) is 1. The fourth-order valence-corrected chi connectivity index (χ4v) is 4.79.